The Labute approximate surface area is 147 Å². The Hall–Kier alpha value is -3.47. The van der Waals surface area contributed by atoms with Crippen LogP contribution in [0.1, 0.15) is 16.8 Å². The summed E-state index contributed by atoms with van der Waals surface area (Å²) in [5, 5.41) is 8.27. The molecule has 1 unspecified atom stereocenters. The van der Waals surface area contributed by atoms with Crippen molar-refractivity contribution in [2.24, 2.45) is 0 Å². The highest BCUT2D eigenvalue weighted by Crippen LogP contribution is 2.36. The van der Waals surface area contributed by atoms with Crippen molar-refractivity contribution < 1.29 is 19.1 Å². The third kappa shape index (κ3) is 2.07. The molecule has 1 aliphatic heterocycles. The lowest BCUT2D eigenvalue weighted by molar-refractivity contribution is -0.128. The SMILES string of the molecule is O=C1CC(OC(=O)c2ccc3ccc4cccc5ccc2c3c45)C(=O)N1. The van der Waals surface area contributed by atoms with E-state index < -0.39 is 23.9 Å². The number of carbonyl (C=O) groups excluding carboxylic acids is 3. The van der Waals surface area contributed by atoms with Crippen LogP contribution < -0.4 is 5.32 Å². The van der Waals surface area contributed by atoms with Crippen molar-refractivity contribution >= 4 is 50.1 Å². The van der Waals surface area contributed by atoms with Crippen LogP contribution in [0.4, 0.5) is 0 Å². The summed E-state index contributed by atoms with van der Waals surface area (Å²) in [6.07, 6.45) is -1.19. The molecule has 5 heteroatoms. The van der Waals surface area contributed by atoms with Gasteiger partial charge in [0.05, 0.1) is 12.0 Å². The average molecular weight is 343 g/mol. The van der Waals surface area contributed by atoms with E-state index in [-0.39, 0.29) is 6.42 Å². The minimum absolute atomic E-state index is 0.129. The van der Waals surface area contributed by atoms with Gasteiger partial charge >= 0.3 is 5.97 Å². The van der Waals surface area contributed by atoms with Crippen molar-refractivity contribution in [2.45, 2.75) is 12.5 Å². The second-order valence-corrected chi connectivity index (χ2v) is 6.48. The van der Waals surface area contributed by atoms with E-state index in [9.17, 15) is 14.4 Å². The molecule has 1 saturated heterocycles. The Morgan fingerprint density at radius 2 is 1.54 bits per heavy atom. The second-order valence-electron chi connectivity index (χ2n) is 6.48. The number of esters is 1. The first-order chi connectivity index (χ1) is 12.6. The molecule has 0 spiro atoms. The van der Waals surface area contributed by atoms with E-state index in [2.05, 4.69) is 11.4 Å². The fourth-order valence-electron chi connectivity index (χ4n) is 3.73. The smallest absolute Gasteiger partial charge is 0.339 e. The summed E-state index contributed by atoms with van der Waals surface area (Å²) in [6.45, 7) is 0. The van der Waals surface area contributed by atoms with Crippen molar-refractivity contribution in [1.29, 1.82) is 0 Å². The van der Waals surface area contributed by atoms with Crippen LogP contribution in [0.3, 0.4) is 0 Å². The van der Waals surface area contributed by atoms with E-state index in [0.29, 0.717) is 5.56 Å². The Morgan fingerprint density at radius 1 is 0.885 bits per heavy atom. The second kappa shape index (κ2) is 5.26. The molecule has 0 aromatic heterocycles. The molecule has 4 aromatic rings. The summed E-state index contributed by atoms with van der Waals surface area (Å²) in [5.74, 6) is -1.60. The van der Waals surface area contributed by atoms with Crippen LogP contribution in [0.25, 0.3) is 32.3 Å². The molecule has 4 aromatic carbocycles. The maximum Gasteiger partial charge on any atom is 0.339 e. The van der Waals surface area contributed by atoms with Gasteiger partial charge in [-0.1, -0.05) is 48.5 Å². The van der Waals surface area contributed by atoms with Crippen LogP contribution in [0.5, 0.6) is 0 Å². The number of rotatable bonds is 2. The zero-order valence-electron chi connectivity index (χ0n) is 13.6. The standard InChI is InChI=1S/C21H13NO4/c23-17-10-16(20(24)22-17)26-21(25)15-9-7-13-5-4-11-2-1-3-12-6-8-14(15)19(13)18(11)12/h1-9,16H,10H2,(H,22,23,24). The number of nitrogens with one attached hydrogen (secondary N) is 1. The predicted octanol–water partition coefficient (Wildman–Crippen LogP) is 3.16. The van der Waals surface area contributed by atoms with Crippen molar-refractivity contribution in [1.82, 2.24) is 5.32 Å². The number of carbonyl (C=O) groups is 3. The Bertz CT molecular complexity index is 1210. The lowest BCUT2D eigenvalue weighted by atomic mass is 9.92. The molecule has 0 aliphatic carbocycles. The summed E-state index contributed by atoms with van der Waals surface area (Å²) in [6, 6.07) is 17.7. The van der Waals surface area contributed by atoms with Crippen molar-refractivity contribution in [2.75, 3.05) is 0 Å². The van der Waals surface area contributed by atoms with E-state index in [1.165, 1.54) is 0 Å². The van der Waals surface area contributed by atoms with Crippen molar-refractivity contribution in [3.05, 3.63) is 60.2 Å². The van der Waals surface area contributed by atoms with Gasteiger partial charge in [-0.05, 0) is 38.4 Å². The highest BCUT2D eigenvalue weighted by molar-refractivity contribution is 6.26. The van der Waals surface area contributed by atoms with E-state index in [1.807, 2.05) is 42.5 Å². The summed E-state index contributed by atoms with van der Waals surface area (Å²) in [5.41, 5.74) is 0.392. The van der Waals surface area contributed by atoms with Crippen LogP contribution in [-0.2, 0) is 14.3 Å². The highest BCUT2D eigenvalue weighted by atomic mass is 16.5. The summed E-state index contributed by atoms with van der Waals surface area (Å²) < 4.78 is 5.30. The van der Waals surface area contributed by atoms with E-state index in [0.717, 1.165) is 32.3 Å². The molecule has 1 aliphatic rings. The van der Waals surface area contributed by atoms with Gasteiger partial charge < -0.3 is 4.74 Å². The molecule has 2 amide bonds. The maximum atomic E-state index is 12.7. The van der Waals surface area contributed by atoms with E-state index >= 15 is 0 Å². The van der Waals surface area contributed by atoms with Crippen LogP contribution >= 0.6 is 0 Å². The monoisotopic (exact) mass is 343 g/mol. The van der Waals surface area contributed by atoms with E-state index in [4.69, 9.17) is 4.74 Å². The van der Waals surface area contributed by atoms with Gasteiger partial charge in [-0.15, -0.1) is 0 Å². The first-order valence-electron chi connectivity index (χ1n) is 8.33. The number of hydrogen-bond donors (Lipinski definition) is 1. The normalized spacial score (nSPS) is 17.3. The van der Waals surface area contributed by atoms with Gasteiger partial charge in [0, 0.05) is 0 Å². The molecule has 1 N–H and O–H groups in total. The van der Waals surface area contributed by atoms with Gasteiger partial charge in [0.15, 0.2) is 6.10 Å². The lowest BCUT2D eigenvalue weighted by Crippen LogP contribution is -2.28. The van der Waals surface area contributed by atoms with Crippen molar-refractivity contribution in [3.8, 4) is 0 Å². The summed E-state index contributed by atoms with van der Waals surface area (Å²) in [4.78, 5) is 35.7. The minimum atomic E-state index is -1.06. The first kappa shape index (κ1) is 14.8. The Morgan fingerprint density at radius 3 is 2.23 bits per heavy atom. The molecule has 0 bridgehead atoms. The molecule has 0 radical (unpaired) electrons. The molecule has 1 fully saturated rings. The molecular formula is C21H13NO4. The van der Waals surface area contributed by atoms with Gasteiger partial charge in [-0.25, -0.2) is 4.79 Å². The third-order valence-corrected chi connectivity index (χ3v) is 4.92. The number of benzene rings is 4. The van der Waals surface area contributed by atoms with Gasteiger partial charge in [0.2, 0.25) is 5.91 Å². The van der Waals surface area contributed by atoms with Gasteiger partial charge in [0.1, 0.15) is 0 Å². The Kier molecular flexibility index (Phi) is 3.00. The van der Waals surface area contributed by atoms with E-state index in [1.54, 1.807) is 6.07 Å². The lowest BCUT2D eigenvalue weighted by Gasteiger charge is -2.14. The average Bonchev–Trinajstić information content (AvgIpc) is 2.96. The molecule has 1 atom stereocenters. The fraction of sp³-hybridized carbons (Fsp3) is 0.0952. The maximum absolute atomic E-state index is 12.7. The predicted molar refractivity (Wildman–Crippen MR) is 97.1 cm³/mol. The van der Waals surface area contributed by atoms with Crippen molar-refractivity contribution in [3.63, 3.8) is 0 Å². The molecule has 126 valence electrons. The molecule has 5 nitrogen and oxygen atoms in total. The number of imide groups is 1. The Balaban J connectivity index is 1.67. The van der Waals surface area contributed by atoms with Crippen LogP contribution in [0.2, 0.25) is 0 Å². The zero-order chi connectivity index (χ0) is 17.8. The molecule has 1 heterocycles. The minimum Gasteiger partial charge on any atom is -0.448 e. The van der Waals surface area contributed by atoms with Gasteiger partial charge in [-0.2, -0.15) is 0 Å². The summed E-state index contributed by atoms with van der Waals surface area (Å²) in [7, 11) is 0. The number of ether oxygens (including phenoxy) is 1. The highest BCUT2D eigenvalue weighted by Gasteiger charge is 2.34. The molecule has 0 saturated carbocycles. The van der Waals surface area contributed by atoms with Gasteiger partial charge in [0.25, 0.3) is 5.91 Å². The summed E-state index contributed by atoms with van der Waals surface area (Å²) >= 11 is 0. The largest absolute Gasteiger partial charge is 0.448 e. The number of hydrogen-bond acceptors (Lipinski definition) is 4. The fourth-order valence-corrected chi connectivity index (χ4v) is 3.73. The zero-order valence-corrected chi connectivity index (χ0v) is 13.6. The molecule has 26 heavy (non-hydrogen) atoms. The van der Waals surface area contributed by atoms with Crippen LogP contribution in [0, 0.1) is 0 Å². The van der Waals surface area contributed by atoms with Gasteiger partial charge in [-0.3, -0.25) is 14.9 Å². The molecular weight excluding hydrogens is 330 g/mol. The first-order valence-corrected chi connectivity index (χ1v) is 8.33. The third-order valence-electron chi connectivity index (χ3n) is 4.92. The quantitative estimate of drug-likeness (QED) is 0.345. The topological polar surface area (TPSA) is 72.5 Å². The van der Waals surface area contributed by atoms with Crippen LogP contribution in [0.15, 0.2) is 54.6 Å². The molecule has 5 rings (SSSR count). The van der Waals surface area contributed by atoms with Crippen LogP contribution in [-0.4, -0.2) is 23.9 Å². The number of amides is 2.